The number of aromatic nitrogens is 2. The molecule has 2 aromatic rings. The first kappa shape index (κ1) is 19.6. The second-order valence-corrected chi connectivity index (χ2v) is 8.44. The maximum Gasteiger partial charge on any atom is 0.255 e. The quantitative estimate of drug-likeness (QED) is 0.807. The molecule has 0 spiro atoms. The summed E-state index contributed by atoms with van der Waals surface area (Å²) in [6.07, 6.45) is 9.89. The Morgan fingerprint density at radius 2 is 2.00 bits per heavy atom. The van der Waals surface area contributed by atoms with E-state index in [1.165, 1.54) is 5.56 Å². The predicted molar refractivity (Wildman–Crippen MR) is 109 cm³/mol. The van der Waals surface area contributed by atoms with Crippen molar-refractivity contribution in [2.24, 2.45) is 0 Å². The highest BCUT2D eigenvalue weighted by atomic mass is 16.2. The van der Waals surface area contributed by atoms with Gasteiger partial charge in [0.2, 0.25) is 0 Å². The van der Waals surface area contributed by atoms with Crippen molar-refractivity contribution in [3.05, 3.63) is 54.1 Å². The lowest BCUT2D eigenvalue weighted by Gasteiger charge is -2.39. The second-order valence-electron chi connectivity index (χ2n) is 8.44. The molecule has 1 aliphatic rings. The Morgan fingerprint density at radius 3 is 2.63 bits per heavy atom. The standard InChI is InChI=1S/C22H32N4O/c1-5-24(15-18-8-11-23-12-9-18)20-7-6-13-25(17-20)21(27)19-10-14-26(16-19)22(2,3)4/h8-12,14,16,20H,5-7,13,15,17H2,1-4H3/t20-/m0/s1. The molecule has 1 aliphatic heterocycles. The summed E-state index contributed by atoms with van der Waals surface area (Å²) in [5.74, 6) is 0.155. The molecule has 0 aliphatic carbocycles. The molecular weight excluding hydrogens is 336 g/mol. The molecule has 0 unspecified atom stereocenters. The summed E-state index contributed by atoms with van der Waals surface area (Å²) in [5.41, 5.74) is 2.06. The third-order valence-corrected chi connectivity index (χ3v) is 5.46. The van der Waals surface area contributed by atoms with Gasteiger partial charge in [-0.2, -0.15) is 0 Å². The van der Waals surface area contributed by atoms with Crippen LogP contribution in [0.2, 0.25) is 0 Å². The molecule has 0 bridgehead atoms. The van der Waals surface area contributed by atoms with Crippen molar-refractivity contribution in [3.8, 4) is 0 Å². The number of pyridine rings is 1. The number of carbonyl (C=O) groups excluding carboxylic acids is 1. The van der Waals surface area contributed by atoms with E-state index >= 15 is 0 Å². The Labute approximate surface area is 163 Å². The van der Waals surface area contributed by atoms with E-state index in [0.29, 0.717) is 6.04 Å². The molecule has 2 aromatic heterocycles. The van der Waals surface area contributed by atoms with Gasteiger partial charge in [0.25, 0.3) is 5.91 Å². The summed E-state index contributed by atoms with van der Waals surface area (Å²) >= 11 is 0. The van der Waals surface area contributed by atoms with Crippen LogP contribution in [0.5, 0.6) is 0 Å². The van der Waals surface area contributed by atoms with E-state index in [2.05, 4.69) is 54.3 Å². The molecule has 3 heterocycles. The molecular formula is C22H32N4O. The number of amides is 1. The van der Waals surface area contributed by atoms with Crippen molar-refractivity contribution in [1.82, 2.24) is 19.4 Å². The Bertz CT molecular complexity index is 747. The molecule has 0 saturated carbocycles. The van der Waals surface area contributed by atoms with Gasteiger partial charge in [-0.1, -0.05) is 6.92 Å². The van der Waals surface area contributed by atoms with Crippen LogP contribution in [0.3, 0.4) is 0 Å². The summed E-state index contributed by atoms with van der Waals surface area (Å²) in [6, 6.07) is 6.50. The largest absolute Gasteiger partial charge is 0.348 e. The average Bonchev–Trinajstić information content (AvgIpc) is 3.17. The van der Waals surface area contributed by atoms with Crippen molar-refractivity contribution < 1.29 is 4.79 Å². The minimum Gasteiger partial charge on any atom is -0.348 e. The van der Waals surface area contributed by atoms with Crippen molar-refractivity contribution in [2.45, 2.75) is 58.7 Å². The third-order valence-electron chi connectivity index (χ3n) is 5.46. The van der Waals surface area contributed by atoms with Crippen LogP contribution in [0.1, 0.15) is 56.5 Å². The lowest BCUT2D eigenvalue weighted by Crippen LogP contribution is -2.49. The number of rotatable bonds is 5. The lowest BCUT2D eigenvalue weighted by molar-refractivity contribution is 0.0569. The Morgan fingerprint density at radius 1 is 1.26 bits per heavy atom. The molecule has 1 fully saturated rings. The van der Waals surface area contributed by atoms with Gasteiger partial charge in [-0.15, -0.1) is 0 Å². The van der Waals surface area contributed by atoms with Gasteiger partial charge in [0.1, 0.15) is 0 Å². The topological polar surface area (TPSA) is 41.4 Å². The number of piperidine rings is 1. The molecule has 5 heteroatoms. The van der Waals surface area contributed by atoms with E-state index in [9.17, 15) is 4.79 Å². The van der Waals surface area contributed by atoms with Gasteiger partial charge in [0.15, 0.2) is 0 Å². The SMILES string of the molecule is CCN(Cc1ccncc1)[C@H]1CCCN(C(=O)c2ccn(C(C)(C)C)c2)C1. The minimum atomic E-state index is -0.00743. The average molecular weight is 369 g/mol. The number of carbonyl (C=O) groups is 1. The van der Waals surface area contributed by atoms with Crippen LogP contribution in [0.4, 0.5) is 0 Å². The first-order valence-electron chi connectivity index (χ1n) is 9.99. The Hall–Kier alpha value is -2.14. The summed E-state index contributed by atoms with van der Waals surface area (Å²) in [5, 5.41) is 0. The summed E-state index contributed by atoms with van der Waals surface area (Å²) in [6.45, 7) is 12.2. The monoisotopic (exact) mass is 368 g/mol. The molecule has 3 rings (SSSR count). The third kappa shape index (κ3) is 4.78. The zero-order valence-electron chi connectivity index (χ0n) is 17.1. The van der Waals surface area contributed by atoms with E-state index in [1.54, 1.807) is 0 Å². The molecule has 5 nitrogen and oxygen atoms in total. The highest BCUT2D eigenvalue weighted by Gasteiger charge is 2.28. The van der Waals surface area contributed by atoms with Gasteiger partial charge in [-0.3, -0.25) is 14.7 Å². The van der Waals surface area contributed by atoms with Gasteiger partial charge in [0.05, 0.1) is 5.56 Å². The molecule has 0 N–H and O–H groups in total. The number of hydrogen-bond acceptors (Lipinski definition) is 3. The summed E-state index contributed by atoms with van der Waals surface area (Å²) < 4.78 is 2.11. The van der Waals surface area contributed by atoms with E-state index in [1.807, 2.05) is 35.8 Å². The lowest BCUT2D eigenvalue weighted by atomic mass is 10.0. The Balaban J connectivity index is 1.67. The molecule has 0 aromatic carbocycles. The molecule has 1 amide bonds. The Kier molecular flexibility index (Phi) is 6.00. The second kappa shape index (κ2) is 8.26. The van der Waals surface area contributed by atoms with E-state index in [0.717, 1.165) is 44.6 Å². The van der Waals surface area contributed by atoms with Gasteiger partial charge in [0, 0.05) is 56.0 Å². The van der Waals surface area contributed by atoms with Crippen LogP contribution >= 0.6 is 0 Å². The van der Waals surface area contributed by atoms with Crippen molar-refractivity contribution in [2.75, 3.05) is 19.6 Å². The van der Waals surface area contributed by atoms with Gasteiger partial charge in [-0.25, -0.2) is 0 Å². The fourth-order valence-electron chi connectivity index (χ4n) is 3.78. The fourth-order valence-corrected chi connectivity index (χ4v) is 3.78. The fraction of sp³-hybridized carbons (Fsp3) is 0.545. The van der Waals surface area contributed by atoms with Crippen molar-refractivity contribution in [1.29, 1.82) is 0 Å². The number of hydrogen-bond donors (Lipinski definition) is 0. The predicted octanol–water partition coefficient (Wildman–Crippen LogP) is 3.76. The van der Waals surface area contributed by atoms with Gasteiger partial charge < -0.3 is 9.47 Å². The first-order chi connectivity index (χ1) is 12.9. The minimum absolute atomic E-state index is 0.00743. The van der Waals surface area contributed by atoms with Crippen LogP contribution in [0.25, 0.3) is 0 Å². The zero-order chi connectivity index (χ0) is 19.4. The van der Waals surface area contributed by atoms with Crippen LogP contribution < -0.4 is 0 Å². The summed E-state index contributed by atoms with van der Waals surface area (Å²) in [7, 11) is 0. The van der Waals surface area contributed by atoms with E-state index in [4.69, 9.17) is 0 Å². The van der Waals surface area contributed by atoms with E-state index in [-0.39, 0.29) is 11.4 Å². The van der Waals surface area contributed by atoms with Crippen LogP contribution in [-0.4, -0.2) is 50.9 Å². The molecule has 146 valence electrons. The number of likely N-dealkylation sites (N-methyl/N-ethyl adjacent to an activating group) is 1. The van der Waals surface area contributed by atoms with Crippen molar-refractivity contribution >= 4 is 5.91 Å². The zero-order valence-corrected chi connectivity index (χ0v) is 17.1. The van der Waals surface area contributed by atoms with Crippen molar-refractivity contribution in [3.63, 3.8) is 0 Å². The maximum atomic E-state index is 13.0. The van der Waals surface area contributed by atoms with Crippen LogP contribution in [0, 0.1) is 0 Å². The highest BCUT2D eigenvalue weighted by molar-refractivity contribution is 5.94. The van der Waals surface area contributed by atoms with Gasteiger partial charge >= 0.3 is 0 Å². The van der Waals surface area contributed by atoms with Gasteiger partial charge in [-0.05, 0) is 63.9 Å². The molecule has 1 saturated heterocycles. The van der Waals surface area contributed by atoms with Crippen LogP contribution in [0.15, 0.2) is 43.0 Å². The summed E-state index contributed by atoms with van der Waals surface area (Å²) in [4.78, 5) is 21.7. The normalized spacial score (nSPS) is 18.1. The molecule has 1 atom stereocenters. The molecule has 0 radical (unpaired) electrons. The maximum absolute atomic E-state index is 13.0. The highest BCUT2D eigenvalue weighted by Crippen LogP contribution is 2.21. The van der Waals surface area contributed by atoms with E-state index < -0.39 is 0 Å². The smallest absolute Gasteiger partial charge is 0.255 e. The number of nitrogens with zero attached hydrogens (tertiary/aromatic N) is 4. The van der Waals surface area contributed by atoms with Crippen LogP contribution in [-0.2, 0) is 12.1 Å². The molecule has 27 heavy (non-hydrogen) atoms. The number of likely N-dealkylation sites (tertiary alicyclic amines) is 1. The first-order valence-corrected chi connectivity index (χ1v) is 9.99.